The number of ether oxygens (including phenoxy) is 6. The van der Waals surface area contributed by atoms with Crippen molar-refractivity contribution in [1.82, 2.24) is 0 Å². The topological polar surface area (TPSA) is 89.5 Å². The third kappa shape index (κ3) is 15.0. The number of carbonyl (C=O) groups excluding carboxylic acids is 2. The number of aryl methyl sites for hydroxylation is 1. The predicted molar refractivity (Wildman–Crippen MR) is 206 cm³/mol. The van der Waals surface area contributed by atoms with Crippen molar-refractivity contribution in [3.05, 3.63) is 48.0 Å². The molecule has 0 spiro atoms. The molecule has 3 aromatic rings. The first kappa shape index (κ1) is 42.1. The van der Waals surface area contributed by atoms with Gasteiger partial charge in [0, 0.05) is 47.6 Å². The molecule has 0 aliphatic heterocycles. The fourth-order valence-corrected chi connectivity index (χ4v) is 6.06. The molecule has 8 heteroatoms. The smallest absolute Gasteiger partial charge is 0.306 e. The first-order valence-corrected chi connectivity index (χ1v) is 19.7. The highest BCUT2D eigenvalue weighted by Gasteiger charge is 2.22. The molecule has 0 fully saturated rings. The van der Waals surface area contributed by atoms with E-state index in [9.17, 15) is 9.59 Å². The van der Waals surface area contributed by atoms with Gasteiger partial charge in [0.25, 0.3) is 0 Å². The molecule has 2 atom stereocenters. The first-order valence-electron chi connectivity index (χ1n) is 19.7. The van der Waals surface area contributed by atoms with E-state index < -0.39 is 12.2 Å². The Labute approximate surface area is 306 Å². The van der Waals surface area contributed by atoms with Crippen molar-refractivity contribution in [2.75, 3.05) is 39.6 Å². The summed E-state index contributed by atoms with van der Waals surface area (Å²) in [5.41, 5.74) is 1.07. The molecule has 8 nitrogen and oxygen atoms in total. The lowest BCUT2D eigenvalue weighted by atomic mass is 9.99. The van der Waals surface area contributed by atoms with Crippen LogP contribution in [0.1, 0.15) is 123 Å². The zero-order valence-corrected chi connectivity index (χ0v) is 32.1. The SMILES string of the molecule is CCCCCCCC(=O)OC(COCCC)COc1c2ccccc2c(OCC(COCCC)OC(=O)CCCCCCC)c2cc(C)ccc12. The molecule has 3 rings (SSSR count). The Morgan fingerprint density at radius 1 is 0.529 bits per heavy atom. The van der Waals surface area contributed by atoms with Crippen LogP contribution in [0.15, 0.2) is 42.5 Å². The maximum Gasteiger partial charge on any atom is 0.306 e. The first-order chi connectivity index (χ1) is 24.9. The quantitative estimate of drug-likeness (QED) is 0.0418. The summed E-state index contributed by atoms with van der Waals surface area (Å²) in [6.07, 6.45) is 12.1. The van der Waals surface area contributed by atoms with Crippen molar-refractivity contribution in [1.29, 1.82) is 0 Å². The van der Waals surface area contributed by atoms with Crippen LogP contribution in [0.2, 0.25) is 0 Å². The average molecular weight is 709 g/mol. The molecular weight excluding hydrogens is 644 g/mol. The summed E-state index contributed by atoms with van der Waals surface area (Å²) in [6, 6.07) is 14.2. The molecule has 0 amide bonds. The van der Waals surface area contributed by atoms with Gasteiger partial charge < -0.3 is 28.4 Å². The van der Waals surface area contributed by atoms with Gasteiger partial charge in [0.2, 0.25) is 0 Å². The van der Waals surface area contributed by atoms with Gasteiger partial charge in [-0.2, -0.15) is 0 Å². The van der Waals surface area contributed by atoms with Crippen LogP contribution in [0.5, 0.6) is 11.5 Å². The van der Waals surface area contributed by atoms with Gasteiger partial charge in [0.15, 0.2) is 12.2 Å². The lowest BCUT2D eigenvalue weighted by Gasteiger charge is -2.23. The number of hydrogen-bond acceptors (Lipinski definition) is 8. The van der Waals surface area contributed by atoms with Crippen molar-refractivity contribution < 1.29 is 38.0 Å². The predicted octanol–water partition coefficient (Wildman–Crippen LogP) is 10.5. The average Bonchev–Trinajstić information content (AvgIpc) is 3.12. The number of unbranched alkanes of at least 4 members (excludes halogenated alkanes) is 8. The number of esters is 2. The summed E-state index contributed by atoms with van der Waals surface area (Å²) in [7, 11) is 0. The van der Waals surface area contributed by atoms with Gasteiger partial charge in [-0.3, -0.25) is 9.59 Å². The largest absolute Gasteiger partial charge is 0.488 e. The molecule has 0 aromatic heterocycles. The normalized spacial score (nSPS) is 12.6. The Balaban J connectivity index is 1.84. The van der Waals surface area contributed by atoms with E-state index in [1.807, 2.05) is 37.3 Å². The molecule has 0 aliphatic carbocycles. The lowest BCUT2D eigenvalue weighted by molar-refractivity contribution is -0.155. The Morgan fingerprint density at radius 3 is 1.45 bits per heavy atom. The standard InChI is InChI=1S/C43H64O8/c1-6-10-12-14-16-22-40(44)50-34(29-46-26-8-3)31-48-42-36-20-18-19-21-37(36)43(39-28-33(5)24-25-38(39)42)49-32-35(30-47-27-9-4)51-41(45)23-17-15-13-11-7-2/h18-21,24-25,28,34-35H,6-17,22-23,26-27,29-32H2,1-5H3. The fourth-order valence-electron chi connectivity index (χ4n) is 6.06. The number of fused-ring (bicyclic) bond motifs is 2. The maximum atomic E-state index is 12.8. The summed E-state index contributed by atoms with van der Waals surface area (Å²) >= 11 is 0. The van der Waals surface area contributed by atoms with Crippen molar-refractivity contribution >= 4 is 33.5 Å². The van der Waals surface area contributed by atoms with Crippen LogP contribution < -0.4 is 9.47 Å². The zero-order valence-electron chi connectivity index (χ0n) is 32.1. The number of carbonyl (C=O) groups is 2. The van der Waals surface area contributed by atoms with Gasteiger partial charge in [-0.05, 0) is 38.7 Å². The molecule has 284 valence electrons. The van der Waals surface area contributed by atoms with Crippen molar-refractivity contribution in [2.24, 2.45) is 0 Å². The fraction of sp³-hybridized carbons (Fsp3) is 0.628. The van der Waals surface area contributed by atoms with E-state index in [1.165, 1.54) is 12.8 Å². The molecule has 0 aliphatic rings. The van der Waals surface area contributed by atoms with Crippen LogP contribution in [0.25, 0.3) is 21.5 Å². The molecule has 0 N–H and O–H groups in total. The van der Waals surface area contributed by atoms with Crippen LogP contribution >= 0.6 is 0 Å². The molecule has 0 radical (unpaired) electrons. The molecule has 0 heterocycles. The summed E-state index contributed by atoms with van der Waals surface area (Å²) in [5.74, 6) is 0.958. The second-order valence-electron chi connectivity index (χ2n) is 13.6. The molecule has 2 unspecified atom stereocenters. The number of rotatable bonds is 28. The van der Waals surface area contributed by atoms with Crippen LogP contribution in [0.4, 0.5) is 0 Å². The molecule has 3 aromatic carbocycles. The van der Waals surface area contributed by atoms with Crippen LogP contribution in [-0.2, 0) is 28.5 Å². The van der Waals surface area contributed by atoms with Gasteiger partial charge in [0.05, 0.1) is 13.2 Å². The summed E-state index contributed by atoms with van der Waals surface area (Å²) in [6.45, 7) is 12.5. The van der Waals surface area contributed by atoms with Crippen molar-refractivity contribution in [3.63, 3.8) is 0 Å². The van der Waals surface area contributed by atoms with Crippen LogP contribution in [0, 0.1) is 6.92 Å². The number of hydrogen-bond donors (Lipinski definition) is 0. The molecule has 0 saturated carbocycles. The van der Waals surface area contributed by atoms with Gasteiger partial charge in [-0.15, -0.1) is 0 Å². The van der Waals surface area contributed by atoms with Crippen LogP contribution in [-0.4, -0.2) is 63.8 Å². The van der Waals surface area contributed by atoms with Gasteiger partial charge in [0.1, 0.15) is 24.7 Å². The van der Waals surface area contributed by atoms with E-state index in [2.05, 4.69) is 39.8 Å². The van der Waals surface area contributed by atoms with Gasteiger partial charge in [-0.1, -0.05) is 121 Å². The highest BCUT2D eigenvalue weighted by molar-refractivity contribution is 6.11. The van der Waals surface area contributed by atoms with Crippen molar-refractivity contribution in [3.8, 4) is 11.5 Å². The van der Waals surface area contributed by atoms with E-state index >= 15 is 0 Å². The Kier molecular flexibility index (Phi) is 20.4. The summed E-state index contributed by atoms with van der Waals surface area (Å²) < 4.78 is 36.7. The second kappa shape index (κ2) is 24.8. The zero-order chi connectivity index (χ0) is 36.7. The molecule has 0 bridgehead atoms. The van der Waals surface area contributed by atoms with Gasteiger partial charge >= 0.3 is 11.9 Å². The van der Waals surface area contributed by atoms with E-state index in [4.69, 9.17) is 28.4 Å². The van der Waals surface area contributed by atoms with Crippen molar-refractivity contribution in [2.45, 2.75) is 137 Å². The molecular formula is C43H64O8. The summed E-state index contributed by atoms with van der Waals surface area (Å²) in [4.78, 5) is 25.6. The maximum absolute atomic E-state index is 12.8. The Bertz CT molecular complexity index is 1440. The minimum absolute atomic E-state index is 0.156. The third-order valence-electron chi connectivity index (χ3n) is 8.78. The minimum atomic E-state index is -0.542. The van der Waals surface area contributed by atoms with E-state index in [-0.39, 0.29) is 38.4 Å². The van der Waals surface area contributed by atoms with Gasteiger partial charge in [-0.25, -0.2) is 0 Å². The monoisotopic (exact) mass is 708 g/mol. The number of benzene rings is 3. The van der Waals surface area contributed by atoms with E-state index in [0.717, 1.165) is 91.3 Å². The molecule has 0 saturated heterocycles. The Morgan fingerprint density at radius 2 is 0.980 bits per heavy atom. The lowest BCUT2D eigenvalue weighted by Crippen LogP contribution is -2.30. The minimum Gasteiger partial charge on any atom is -0.488 e. The van der Waals surface area contributed by atoms with Crippen LogP contribution in [0.3, 0.4) is 0 Å². The summed E-state index contributed by atoms with van der Waals surface area (Å²) in [5, 5.41) is 3.53. The van der Waals surface area contributed by atoms with E-state index in [0.29, 0.717) is 37.6 Å². The Hall–Kier alpha value is -3.36. The van der Waals surface area contributed by atoms with E-state index in [1.54, 1.807) is 0 Å². The molecule has 51 heavy (non-hydrogen) atoms. The second-order valence-corrected chi connectivity index (χ2v) is 13.6. The highest BCUT2D eigenvalue weighted by Crippen LogP contribution is 2.43. The highest BCUT2D eigenvalue weighted by atomic mass is 16.6. The third-order valence-corrected chi connectivity index (χ3v) is 8.78.